The van der Waals surface area contributed by atoms with E-state index in [1.54, 1.807) is 48.5 Å². The molecule has 2 N–H and O–H groups in total. The van der Waals surface area contributed by atoms with Crippen LogP contribution in [0.25, 0.3) is 0 Å². The first-order valence-electron chi connectivity index (χ1n) is 13.8. The number of hydrogen-bond acceptors (Lipinski definition) is 10. The number of nitrogens with zero attached hydrogens (tertiary/aromatic N) is 1. The lowest BCUT2D eigenvalue weighted by atomic mass is 10.0. The Morgan fingerprint density at radius 1 is 0.977 bits per heavy atom. The summed E-state index contributed by atoms with van der Waals surface area (Å²) in [5, 5.41) is 3.13. The van der Waals surface area contributed by atoms with E-state index in [9.17, 15) is 24.0 Å². The summed E-state index contributed by atoms with van der Waals surface area (Å²) in [6, 6.07) is 24.5. The summed E-state index contributed by atoms with van der Waals surface area (Å²) in [6.45, 7) is -0.278. The third-order valence-corrected chi connectivity index (χ3v) is 7.02. The summed E-state index contributed by atoms with van der Waals surface area (Å²) in [5.41, 5.74) is 2.38. The second-order valence-corrected chi connectivity index (χ2v) is 10.0. The fourth-order valence-corrected chi connectivity index (χ4v) is 4.81. The third kappa shape index (κ3) is 6.74. The number of hydrogen-bond donors (Lipinski definition) is 2. The maximum absolute atomic E-state index is 13.8. The maximum atomic E-state index is 13.8. The first-order valence-corrected chi connectivity index (χ1v) is 13.8. The zero-order chi connectivity index (χ0) is 30.9. The number of cyclic esters (lactones) is 1. The zero-order valence-corrected chi connectivity index (χ0v) is 23.4. The number of ether oxygens (including phenoxy) is 2. The van der Waals surface area contributed by atoms with E-state index in [0.717, 1.165) is 11.6 Å². The molecule has 3 aromatic carbocycles. The van der Waals surface area contributed by atoms with Crippen molar-refractivity contribution in [3.8, 4) is 0 Å². The van der Waals surface area contributed by atoms with Gasteiger partial charge in [0, 0.05) is 12.5 Å². The Labute approximate surface area is 252 Å². The molecule has 0 bridgehead atoms. The first-order chi connectivity index (χ1) is 21.4. The Morgan fingerprint density at radius 2 is 1.59 bits per heavy atom. The minimum Gasteiger partial charge on any atom is -0.448 e. The van der Waals surface area contributed by atoms with Crippen LogP contribution < -0.4 is 10.8 Å². The molecular weight excluding hydrogens is 570 g/mol. The van der Waals surface area contributed by atoms with Gasteiger partial charge >= 0.3 is 17.7 Å². The van der Waals surface area contributed by atoms with E-state index in [2.05, 4.69) is 10.8 Å². The Bertz CT molecular complexity index is 1490. The Hall–Kier alpha value is -5.13. The zero-order valence-electron chi connectivity index (χ0n) is 23.4. The third-order valence-electron chi connectivity index (χ3n) is 7.02. The topological polar surface area (TPSA) is 150 Å². The Balaban J connectivity index is 1.30. The van der Waals surface area contributed by atoms with Crippen molar-refractivity contribution in [2.24, 2.45) is 0 Å². The fourth-order valence-electron chi connectivity index (χ4n) is 4.81. The molecule has 0 spiro atoms. The molecule has 0 saturated carbocycles. The normalized spacial score (nSPS) is 20.1. The van der Waals surface area contributed by atoms with Crippen molar-refractivity contribution in [2.75, 3.05) is 6.61 Å². The number of carbonyl (C=O) groups excluding carboxylic acids is 5. The first kappa shape index (κ1) is 30.3. The van der Waals surface area contributed by atoms with Crippen LogP contribution in [0.3, 0.4) is 0 Å². The average molecular weight is 600 g/mol. The Morgan fingerprint density at radius 3 is 2.16 bits per heavy atom. The minimum atomic E-state index is -2.21. The molecule has 44 heavy (non-hydrogen) atoms. The summed E-state index contributed by atoms with van der Waals surface area (Å²) in [7, 11) is 0. The molecular formula is C32H29N3O9. The van der Waals surface area contributed by atoms with Gasteiger partial charge in [-0.25, -0.2) is 9.59 Å². The number of benzene rings is 3. The highest BCUT2D eigenvalue weighted by molar-refractivity contribution is 5.96. The van der Waals surface area contributed by atoms with Gasteiger partial charge in [0.25, 0.3) is 5.91 Å². The van der Waals surface area contributed by atoms with Crippen LogP contribution >= 0.6 is 0 Å². The Kier molecular flexibility index (Phi) is 9.58. The molecule has 2 aliphatic rings. The van der Waals surface area contributed by atoms with E-state index in [0.29, 0.717) is 16.2 Å². The second-order valence-electron chi connectivity index (χ2n) is 10.0. The highest BCUT2D eigenvalue weighted by Crippen LogP contribution is 2.37. The van der Waals surface area contributed by atoms with Crippen LogP contribution in [-0.2, 0) is 49.7 Å². The van der Waals surface area contributed by atoms with Gasteiger partial charge < -0.3 is 14.8 Å². The molecule has 1 unspecified atom stereocenters. The van der Waals surface area contributed by atoms with Crippen LogP contribution in [0.1, 0.15) is 35.6 Å². The lowest BCUT2D eigenvalue weighted by Gasteiger charge is -2.34. The molecule has 3 atom stereocenters. The molecule has 12 nitrogen and oxygen atoms in total. The molecule has 2 saturated heterocycles. The molecule has 0 aromatic heterocycles. The summed E-state index contributed by atoms with van der Waals surface area (Å²) in [5.74, 6) is -1.84. The monoisotopic (exact) mass is 599 g/mol. The number of nitrogens with one attached hydrogen (secondary N) is 2. The van der Waals surface area contributed by atoms with E-state index < -0.39 is 47.7 Å². The van der Waals surface area contributed by atoms with Gasteiger partial charge in [0.1, 0.15) is 24.6 Å². The van der Waals surface area contributed by atoms with Crippen LogP contribution in [0.2, 0.25) is 0 Å². The van der Waals surface area contributed by atoms with Crippen molar-refractivity contribution >= 4 is 29.7 Å². The summed E-state index contributed by atoms with van der Waals surface area (Å²) >= 11 is 0. The second kappa shape index (κ2) is 13.9. The van der Waals surface area contributed by atoms with Crippen molar-refractivity contribution in [1.29, 1.82) is 0 Å². The molecule has 5 rings (SSSR count). The summed E-state index contributed by atoms with van der Waals surface area (Å²) in [6.07, 6.45) is -0.385. The smallest absolute Gasteiger partial charge is 0.376 e. The van der Waals surface area contributed by atoms with E-state index in [1.807, 2.05) is 42.5 Å². The summed E-state index contributed by atoms with van der Waals surface area (Å²) in [4.78, 5) is 74.6. The van der Waals surface area contributed by atoms with Gasteiger partial charge in [-0.15, -0.1) is 0 Å². The van der Waals surface area contributed by atoms with Gasteiger partial charge in [-0.2, -0.15) is 10.5 Å². The molecule has 0 radical (unpaired) electrons. The van der Waals surface area contributed by atoms with Crippen LogP contribution in [-0.4, -0.2) is 59.2 Å². The minimum absolute atomic E-state index is 0.0967. The number of carbonyl (C=O) groups is 4. The van der Waals surface area contributed by atoms with Crippen molar-refractivity contribution in [3.63, 3.8) is 0 Å². The molecule has 2 aliphatic heterocycles. The molecule has 2 amide bonds. The van der Waals surface area contributed by atoms with Crippen LogP contribution in [0.5, 0.6) is 0 Å². The molecule has 226 valence electrons. The van der Waals surface area contributed by atoms with E-state index in [4.69, 9.17) is 19.1 Å². The number of esters is 2. The molecule has 2 heterocycles. The largest absolute Gasteiger partial charge is 0.448 e. The molecule has 2 fully saturated rings. The van der Waals surface area contributed by atoms with Crippen LogP contribution in [0.15, 0.2) is 97.1 Å². The number of hydroxylamine groups is 3. The van der Waals surface area contributed by atoms with Crippen molar-refractivity contribution < 1.29 is 43.1 Å². The van der Waals surface area contributed by atoms with Gasteiger partial charge in [-0.3, -0.25) is 24.1 Å². The molecule has 12 heteroatoms. The fraction of sp³-hybridized carbons (Fsp3) is 0.250. The average Bonchev–Trinajstić information content (AvgIpc) is 3.63. The standard InChI is InChI=1S/C32H29N3O9/c36-19-17-25(34-41-20-22-10-4-1-5-11-22)29(38)33-26-21-42-35(30(26)39)32(18-16-27(37)44-32)31(40)43-28(23-12-6-2-7-13-23)24-14-8-3-9-15-24/h1-15,17,25-26,28,34H,16,18,20-21H2,(H,33,38)/t25-,26+,32?/m1/s1. The van der Waals surface area contributed by atoms with Crippen molar-refractivity contribution in [1.82, 2.24) is 15.9 Å². The van der Waals surface area contributed by atoms with E-state index >= 15 is 0 Å². The van der Waals surface area contributed by atoms with Crippen molar-refractivity contribution in [2.45, 2.75) is 43.4 Å². The predicted molar refractivity (Wildman–Crippen MR) is 152 cm³/mol. The molecule has 0 aliphatic carbocycles. The van der Waals surface area contributed by atoms with Crippen LogP contribution in [0, 0.1) is 0 Å². The van der Waals surface area contributed by atoms with Gasteiger partial charge in [0.2, 0.25) is 5.91 Å². The highest BCUT2D eigenvalue weighted by Gasteiger charge is 2.60. The summed E-state index contributed by atoms with van der Waals surface area (Å²) < 4.78 is 11.4. The van der Waals surface area contributed by atoms with Gasteiger partial charge in [0.15, 0.2) is 6.10 Å². The van der Waals surface area contributed by atoms with Gasteiger partial charge in [0.05, 0.1) is 13.0 Å². The number of rotatable bonds is 12. The number of amides is 2. The van der Waals surface area contributed by atoms with Crippen molar-refractivity contribution in [3.05, 3.63) is 114 Å². The highest BCUT2D eigenvalue weighted by atomic mass is 16.8. The SMILES string of the molecule is O=C=C[C@@H](NOCc1ccccc1)C(=O)N[C@H]1CON(C2(C(=O)OC(c3ccccc3)c3ccccc3)CCC(=O)O2)C1=O. The quantitative estimate of drug-likeness (QED) is 0.180. The van der Waals surface area contributed by atoms with Gasteiger partial charge in [-0.1, -0.05) is 91.0 Å². The lowest BCUT2D eigenvalue weighted by molar-refractivity contribution is -0.260. The van der Waals surface area contributed by atoms with E-state index in [-0.39, 0.29) is 26.1 Å². The lowest BCUT2D eigenvalue weighted by Crippen LogP contribution is -2.58. The van der Waals surface area contributed by atoms with Crippen LogP contribution in [0.4, 0.5) is 0 Å². The van der Waals surface area contributed by atoms with E-state index in [1.165, 1.54) is 5.94 Å². The predicted octanol–water partition coefficient (Wildman–Crippen LogP) is 2.09. The van der Waals surface area contributed by atoms with Gasteiger partial charge in [-0.05, 0) is 16.7 Å². The molecule has 3 aromatic rings. The maximum Gasteiger partial charge on any atom is 0.376 e.